The number of nitrogens with zero attached hydrogens (tertiary/aromatic N) is 1. The van der Waals surface area contributed by atoms with Crippen LogP contribution in [0.2, 0.25) is 0 Å². The molecule has 17 heavy (non-hydrogen) atoms. The predicted octanol–water partition coefficient (Wildman–Crippen LogP) is 4.49. The molecule has 0 amide bonds. The van der Waals surface area contributed by atoms with Gasteiger partial charge in [-0.15, -0.1) is 0 Å². The summed E-state index contributed by atoms with van der Waals surface area (Å²) in [5, 5.41) is 0. The van der Waals surface area contributed by atoms with Crippen LogP contribution >= 0.6 is 22.6 Å². The molecule has 0 saturated heterocycles. The van der Waals surface area contributed by atoms with Crippen LogP contribution in [-0.4, -0.2) is 6.21 Å². The van der Waals surface area contributed by atoms with Crippen molar-refractivity contribution in [1.29, 1.82) is 0 Å². The summed E-state index contributed by atoms with van der Waals surface area (Å²) >= 11 is 2.26. The molecule has 2 aromatic rings. The Morgan fingerprint density at radius 2 is 1.94 bits per heavy atom. The molecule has 1 nitrogen and oxygen atoms in total. The quantitative estimate of drug-likeness (QED) is 0.565. The van der Waals surface area contributed by atoms with Crippen molar-refractivity contribution in [3.05, 3.63) is 63.0 Å². The SMILES string of the molecule is Cc1cc(I)ccc1/N=C/c1ccccc1F. The average Bonchev–Trinajstić information content (AvgIpc) is 2.30. The molecule has 86 valence electrons. The van der Waals surface area contributed by atoms with E-state index in [4.69, 9.17) is 0 Å². The average molecular weight is 339 g/mol. The summed E-state index contributed by atoms with van der Waals surface area (Å²) in [6, 6.07) is 12.6. The first kappa shape index (κ1) is 12.2. The zero-order valence-corrected chi connectivity index (χ0v) is 11.5. The smallest absolute Gasteiger partial charge is 0.131 e. The number of aryl methyl sites for hydroxylation is 1. The minimum absolute atomic E-state index is 0.251. The van der Waals surface area contributed by atoms with E-state index >= 15 is 0 Å². The molecule has 0 aromatic heterocycles. The minimum atomic E-state index is -0.251. The van der Waals surface area contributed by atoms with Crippen molar-refractivity contribution >= 4 is 34.5 Å². The van der Waals surface area contributed by atoms with Gasteiger partial charge in [0.05, 0.1) is 5.69 Å². The van der Waals surface area contributed by atoms with Crippen molar-refractivity contribution in [2.45, 2.75) is 6.92 Å². The Balaban J connectivity index is 2.29. The van der Waals surface area contributed by atoms with Gasteiger partial charge in [0, 0.05) is 15.3 Å². The van der Waals surface area contributed by atoms with Gasteiger partial charge in [-0.05, 0) is 59.3 Å². The van der Waals surface area contributed by atoms with Gasteiger partial charge in [-0.2, -0.15) is 0 Å². The summed E-state index contributed by atoms with van der Waals surface area (Å²) in [6.45, 7) is 2.00. The molecule has 2 rings (SSSR count). The zero-order valence-electron chi connectivity index (χ0n) is 9.32. The lowest BCUT2D eigenvalue weighted by Gasteiger charge is -2.00. The van der Waals surface area contributed by atoms with E-state index in [0.29, 0.717) is 5.56 Å². The normalized spacial score (nSPS) is 11.0. The van der Waals surface area contributed by atoms with Gasteiger partial charge < -0.3 is 0 Å². The molecule has 0 aliphatic carbocycles. The van der Waals surface area contributed by atoms with E-state index in [2.05, 4.69) is 33.6 Å². The first-order valence-electron chi connectivity index (χ1n) is 5.21. The summed E-state index contributed by atoms with van der Waals surface area (Å²) in [4.78, 5) is 4.31. The summed E-state index contributed by atoms with van der Waals surface area (Å²) in [6.07, 6.45) is 1.56. The molecule has 0 aliphatic heterocycles. The van der Waals surface area contributed by atoms with Crippen LogP contribution < -0.4 is 0 Å². The second-order valence-corrected chi connectivity index (χ2v) is 4.96. The first-order chi connectivity index (χ1) is 8.16. The lowest BCUT2D eigenvalue weighted by molar-refractivity contribution is 0.626. The van der Waals surface area contributed by atoms with Crippen LogP contribution in [0.15, 0.2) is 47.5 Å². The molecule has 0 atom stereocenters. The van der Waals surface area contributed by atoms with Gasteiger partial charge in [0.1, 0.15) is 5.82 Å². The van der Waals surface area contributed by atoms with E-state index < -0.39 is 0 Å². The van der Waals surface area contributed by atoms with Crippen LogP contribution in [-0.2, 0) is 0 Å². The van der Waals surface area contributed by atoms with E-state index in [1.165, 1.54) is 9.64 Å². The third-order valence-electron chi connectivity index (χ3n) is 2.41. The lowest BCUT2D eigenvalue weighted by atomic mass is 10.2. The molecule has 0 radical (unpaired) electrons. The topological polar surface area (TPSA) is 12.4 Å². The summed E-state index contributed by atoms with van der Waals surface area (Å²) in [7, 11) is 0. The van der Waals surface area contributed by atoms with Crippen molar-refractivity contribution in [3.8, 4) is 0 Å². The predicted molar refractivity (Wildman–Crippen MR) is 77.6 cm³/mol. The second kappa shape index (κ2) is 5.40. The molecule has 0 heterocycles. The highest BCUT2D eigenvalue weighted by Gasteiger charge is 1.98. The fourth-order valence-electron chi connectivity index (χ4n) is 1.48. The molecule has 0 saturated carbocycles. The maximum Gasteiger partial charge on any atom is 0.131 e. The van der Waals surface area contributed by atoms with Crippen molar-refractivity contribution in [2.24, 2.45) is 4.99 Å². The van der Waals surface area contributed by atoms with Gasteiger partial charge in [-0.1, -0.05) is 18.2 Å². The highest BCUT2D eigenvalue weighted by molar-refractivity contribution is 14.1. The molecule has 0 unspecified atom stereocenters. The number of benzene rings is 2. The first-order valence-corrected chi connectivity index (χ1v) is 6.29. The van der Waals surface area contributed by atoms with E-state index in [1.54, 1.807) is 24.4 Å². The molecule has 0 aliphatic rings. The molecule has 2 aromatic carbocycles. The second-order valence-electron chi connectivity index (χ2n) is 3.71. The standard InChI is InChI=1S/C14H11FIN/c1-10-8-12(16)6-7-14(10)17-9-11-4-2-3-5-13(11)15/h2-9H,1H3/b17-9+. The van der Waals surface area contributed by atoms with Crippen molar-refractivity contribution in [1.82, 2.24) is 0 Å². The maximum atomic E-state index is 13.4. The Morgan fingerprint density at radius 3 is 2.65 bits per heavy atom. The van der Waals surface area contributed by atoms with E-state index in [9.17, 15) is 4.39 Å². The third-order valence-corrected chi connectivity index (χ3v) is 3.08. The molecular formula is C14H11FIN. The van der Waals surface area contributed by atoms with Crippen LogP contribution in [0.25, 0.3) is 0 Å². The maximum absolute atomic E-state index is 13.4. The van der Waals surface area contributed by atoms with Crippen LogP contribution in [0.5, 0.6) is 0 Å². The summed E-state index contributed by atoms with van der Waals surface area (Å²) in [5.74, 6) is -0.251. The van der Waals surface area contributed by atoms with Crippen LogP contribution in [0.1, 0.15) is 11.1 Å². The molecule has 0 spiro atoms. The third kappa shape index (κ3) is 3.12. The highest BCUT2D eigenvalue weighted by atomic mass is 127. The van der Waals surface area contributed by atoms with E-state index in [-0.39, 0.29) is 5.82 Å². The Labute approximate surface area is 114 Å². The number of hydrogen-bond donors (Lipinski definition) is 0. The fraction of sp³-hybridized carbons (Fsp3) is 0.0714. The molecule has 3 heteroatoms. The van der Waals surface area contributed by atoms with Gasteiger partial charge in [0.15, 0.2) is 0 Å². The van der Waals surface area contributed by atoms with Gasteiger partial charge in [-0.25, -0.2) is 4.39 Å². The van der Waals surface area contributed by atoms with Gasteiger partial charge in [0.25, 0.3) is 0 Å². The number of halogens is 2. The van der Waals surface area contributed by atoms with Crippen LogP contribution in [0.4, 0.5) is 10.1 Å². The zero-order chi connectivity index (χ0) is 12.3. The Morgan fingerprint density at radius 1 is 1.18 bits per heavy atom. The highest BCUT2D eigenvalue weighted by Crippen LogP contribution is 2.20. The molecule has 0 fully saturated rings. The van der Waals surface area contributed by atoms with Crippen molar-refractivity contribution in [2.75, 3.05) is 0 Å². The monoisotopic (exact) mass is 339 g/mol. The molecular weight excluding hydrogens is 328 g/mol. The van der Waals surface area contributed by atoms with Crippen molar-refractivity contribution in [3.63, 3.8) is 0 Å². The number of hydrogen-bond acceptors (Lipinski definition) is 1. The Hall–Kier alpha value is -1.23. The van der Waals surface area contributed by atoms with Gasteiger partial charge in [-0.3, -0.25) is 4.99 Å². The van der Waals surface area contributed by atoms with E-state index in [0.717, 1.165) is 11.3 Å². The molecule has 0 N–H and O–H groups in total. The minimum Gasteiger partial charge on any atom is -0.256 e. The number of aliphatic imine (C=N–C) groups is 1. The Bertz CT molecular complexity index is 564. The lowest BCUT2D eigenvalue weighted by Crippen LogP contribution is -1.86. The largest absolute Gasteiger partial charge is 0.256 e. The fourth-order valence-corrected chi connectivity index (χ4v) is 2.13. The van der Waals surface area contributed by atoms with Crippen LogP contribution in [0.3, 0.4) is 0 Å². The van der Waals surface area contributed by atoms with Gasteiger partial charge in [0.2, 0.25) is 0 Å². The summed E-state index contributed by atoms with van der Waals surface area (Å²) < 4.78 is 14.5. The van der Waals surface area contributed by atoms with Crippen molar-refractivity contribution < 1.29 is 4.39 Å². The molecule has 0 bridgehead atoms. The van der Waals surface area contributed by atoms with E-state index in [1.807, 2.05) is 19.1 Å². The summed E-state index contributed by atoms with van der Waals surface area (Å²) in [5.41, 5.74) is 2.46. The van der Waals surface area contributed by atoms with Gasteiger partial charge >= 0.3 is 0 Å². The number of rotatable bonds is 2. The Kier molecular flexibility index (Phi) is 3.89. The van der Waals surface area contributed by atoms with Crippen LogP contribution in [0, 0.1) is 16.3 Å².